The summed E-state index contributed by atoms with van der Waals surface area (Å²) in [4.78, 5) is 68.6. The zero-order chi connectivity index (χ0) is 41.2. The van der Waals surface area contributed by atoms with Gasteiger partial charge >= 0.3 is 17.9 Å². The van der Waals surface area contributed by atoms with Gasteiger partial charge < -0.3 is 46.2 Å². The maximum absolute atomic E-state index is 14.3. The van der Waals surface area contributed by atoms with Crippen LogP contribution >= 0.6 is 11.8 Å². The Morgan fingerprint density at radius 1 is 1.05 bits per heavy atom. The number of thioether (sulfide) groups is 1. The summed E-state index contributed by atoms with van der Waals surface area (Å²) in [5, 5.41) is 58.8. The lowest BCUT2D eigenvalue weighted by molar-refractivity contribution is -0.164. The molecule has 0 bridgehead atoms. The molecule has 314 valence electrons. The van der Waals surface area contributed by atoms with Crippen LogP contribution in [0.1, 0.15) is 95.5 Å². The molecular formula is C40H57N5O11S. The minimum atomic E-state index is -2.45. The van der Waals surface area contributed by atoms with E-state index in [0.717, 1.165) is 80.9 Å². The number of hydrogen-bond donors (Lipinski definition) is 9. The van der Waals surface area contributed by atoms with Crippen LogP contribution < -0.4 is 21.3 Å². The van der Waals surface area contributed by atoms with Gasteiger partial charge in [0, 0.05) is 44.3 Å². The first-order valence-electron chi connectivity index (χ1n) is 20.0. The molecule has 2 unspecified atom stereocenters. The molecule has 0 saturated heterocycles. The van der Waals surface area contributed by atoms with E-state index in [1.54, 1.807) is 12.4 Å². The molecule has 17 heteroatoms. The molecule has 2 amide bonds. The van der Waals surface area contributed by atoms with Crippen molar-refractivity contribution in [2.75, 3.05) is 26.1 Å². The van der Waals surface area contributed by atoms with Crippen molar-refractivity contribution >= 4 is 41.5 Å². The number of nitrogens with zero attached hydrogens (tertiary/aromatic N) is 1. The lowest BCUT2D eigenvalue weighted by atomic mass is 9.67. The van der Waals surface area contributed by atoms with Gasteiger partial charge in [0.1, 0.15) is 17.7 Å². The molecule has 1 spiro atoms. The smallest absolute Gasteiger partial charge is 0.353 e. The number of carbonyl (C=O) groups excluding carboxylic acids is 3. The van der Waals surface area contributed by atoms with Crippen LogP contribution in [0.4, 0.5) is 0 Å². The van der Waals surface area contributed by atoms with Gasteiger partial charge in [-0.1, -0.05) is 43.3 Å². The second-order valence-electron chi connectivity index (χ2n) is 15.7. The number of amides is 2. The molecule has 0 aromatic carbocycles. The number of aliphatic hydroxyl groups is 3. The Balaban J connectivity index is 1.51. The summed E-state index contributed by atoms with van der Waals surface area (Å²) in [5.41, 5.74) is 1.46. The van der Waals surface area contributed by atoms with Gasteiger partial charge in [0.2, 0.25) is 23.8 Å². The predicted octanol–water partition coefficient (Wildman–Crippen LogP) is 2.09. The Kier molecular flexibility index (Phi) is 15.7. The van der Waals surface area contributed by atoms with Gasteiger partial charge in [-0.05, 0) is 93.0 Å². The highest BCUT2D eigenvalue weighted by Gasteiger charge is 2.53. The van der Waals surface area contributed by atoms with Crippen molar-refractivity contribution in [1.82, 2.24) is 26.3 Å². The van der Waals surface area contributed by atoms with E-state index in [1.165, 1.54) is 24.4 Å². The second-order valence-corrected chi connectivity index (χ2v) is 16.8. The fourth-order valence-electron chi connectivity index (χ4n) is 9.03. The third kappa shape index (κ3) is 10.8. The van der Waals surface area contributed by atoms with E-state index < -0.39 is 65.8 Å². The van der Waals surface area contributed by atoms with Crippen molar-refractivity contribution in [2.45, 2.75) is 120 Å². The van der Waals surface area contributed by atoms with Crippen LogP contribution in [0.25, 0.3) is 0 Å². The molecule has 2 heterocycles. The van der Waals surface area contributed by atoms with E-state index in [9.17, 15) is 49.5 Å². The number of carboxylic acids is 2. The van der Waals surface area contributed by atoms with Crippen molar-refractivity contribution in [3.63, 3.8) is 0 Å². The number of carbonyl (C=O) groups is 5. The Morgan fingerprint density at radius 2 is 1.75 bits per heavy atom. The third-order valence-electron chi connectivity index (χ3n) is 11.9. The average molecular weight is 816 g/mol. The van der Waals surface area contributed by atoms with Crippen LogP contribution in [0.2, 0.25) is 0 Å². The fraction of sp³-hybridized carbons (Fsp3) is 0.650. The Hall–Kier alpha value is -3.87. The quantitative estimate of drug-likeness (QED) is 0.0551. The number of ether oxygens (including phenoxy) is 1. The highest BCUT2D eigenvalue weighted by atomic mass is 32.2. The van der Waals surface area contributed by atoms with E-state index in [1.807, 2.05) is 17.4 Å². The lowest BCUT2D eigenvalue weighted by Crippen LogP contribution is -2.56. The molecule has 57 heavy (non-hydrogen) atoms. The van der Waals surface area contributed by atoms with E-state index in [2.05, 4.69) is 20.9 Å². The van der Waals surface area contributed by atoms with Crippen molar-refractivity contribution in [3.05, 3.63) is 52.6 Å². The molecule has 3 aliphatic carbocycles. The SMILES string of the molecule is CNCN[C@@](O)(CCC(=O)N[C@@H](CSC1C2=C3C(CCCCCC14CCCC4)CC(Cc1ccncc1)=C(CCCO)[C@H]3C(=O)O2)C(=O)N[C@@H](O)C(=O)O)C(=O)O. The van der Waals surface area contributed by atoms with Crippen LogP contribution in [0.15, 0.2) is 47.0 Å². The molecule has 1 aliphatic heterocycles. The van der Waals surface area contributed by atoms with E-state index in [0.29, 0.717) is 25.0 Å². The highest BCUT2D eigenvalue weighted by molar-refractivity contribution is 8.00. The number of nitrogens with one attached hydrogen (secondary N) is 4. The zero-order valence-corrected chi connectivity index (χ0v) is 33.3. The number of carboxylic acid groups (broad SMARTS) is 2. The molecule has 6 atom stereocenters. The third-order valence-corrected chi connectivity index (χ3v) is 13.5. The Labute approximate surface area is 336 Å². The number of esters is 1. The average Bonchev–Trinajstić information content (AvgIpc) is 3.80. The summed E-state index contributed by atoms with van der Waals surface area (Å²) >= 11 is 1.36. The maximum Gasteiger partial charge on any atom is 0.353 e. The monoisotopic (exact) mass is 815 g/mol. The molecule has 1 aromatic rings. The number of aliphatic carboxylic acids is 2. The summed E-state index contributed by atoms with van der Waals surface area (Å²) in [6, 6.07) is 2.55. The molecular weight excluding hydrogens is 759 g/mol. The molecule has 16 nitrogen and oxygen atoms in total. The number of aliphatic hydroxyl groups excluding tert-OH is 2. The molecule has 1 saturated carbocycles. The zero-order valence-electron chi connectivity index (χ0n) is 32.5. The van der Waals surface area contributed by atoms with Crippen molar-refractivity contribution in [1.29, 1.82) is 0 Å². The van der Waals surface area contributed by atoms with Crippen LogP contribution in [0.5, 0.6) is 0 Å². The van der Waals surface area contributed by atoms with Gasteiger partial charge in [0.15, 0.2) is 0 Å². The van der Waals surface area contributed by atoms with Crippen LogP contribution in [-0.4, -0.2) is 110 Å². The second kappa shape index (κ2) is 20.2. The molecule has 4 aliphatic rings. The topological polar surface area (TPSA) is 257 Å². The number of hydrogen-bond acceptors (Lipinski definition) is 13. The molecule has 0 radical (unpaired) electrons. The fourth-order valence-corrected chi connectivity index (χ4v) is 10.7. The van der Waals surface area contributed by atoms with Crippen molar-refractivity contribution in [3.8, 4) is 0 Å². The minimum absolute atomic E-state index is 0.0276. The summed E-state index contributed by atoms with van der Waals surface area (Å²) in [7, 11) is 1.54. The predicted molar refractivity (Wildman–Crippen MR) is 209 cm³/mol. The van der Waals surface area contributed by atoms with Crippen molar-refractivity contribution in [2.24, 2.45) is 17.3 Å². The lowest BCUT2D eigenvalue weighted by Gasteiger charge is -2.40. The number of aromatic nitrogens is 1. The number of allylic oxidation sites excluding steroid dienone is 1. The molecule has 9 N–H and O–H groups in total. The van der Waals surface area contributed by atoms with Gasteiger partial charge in [-0.3, -0.25) is 24.7 Å². The largest absolute Gasteiger partial charge is 0.478 e. The summed E-state index contributed by atoms with van der Waals surface area (Å²) in [6.07, 6.45) is 11.0. The first-order valence-corrected chi connectivity index (χ1v) is 21.0. The van der Waals surface area contributed by atoms with Crippen molar-refractivity contribution < 1.29 is 54.2 Å². The van der Waals surface area contributed by atoms with E-state index >= 15 is 0 Å². The maximum atomic E-state index is 14.3. The summed E-state index contributed by atoms with van der Waals surface area (Å²) in [5.74, 6) is -5.48. The first kappa shape index (κ1) is 44.2. The van der Waals surface area contributed by atoms with Gasteiger partial charge in [0.25, 0.3) is 0 Å². The summed E-state index contributed by atoms with van der Waals surface area (Å²) < 4.78 is 6.43. The van der Waals surface area contributed by atoms with Crippen LogP contribution in [0.3, 0.4) is 0 Å². The standard InChI is InChI=1S/C40H57N5O11S/c1-41-23-43-40(55,38(53)54)16-10-29(47)44-28(34(48)45-35(49)36(50)51)22-57-33-32-30-25(8-3-2-4-13-39(33)14-5-6-15-39)21-26(20-24-11-17-42-18-12-24)27(9-7-19-46)31(30)37(52)56-32/h11-12,17-18,25,28,31,33,35,41,43,46,49,55H,2-10,13-16,19-23H2,1H3,(H,44,47)(H,45,48)(H,50,51)(H,53,54)/t25?,28-,31+,33?,35-,40+/m0/s1. The molecule has 5 rings (SSSR count). The summed E-state index contributed by atoms with van der Waals surface area (Å²) in [6.45, 7) is -0.101. The van der Waals surface area contributed by atoms with E-state index in [-0.39, 0.29) is 36.3 Å². The molecule has 1 fully saturated rings. The molecule has 1 aromatic heterocycles. The first-order chi connectivity index (χ1) is 27.3. The van der Waals surface area contributed by atoms with Gasteiger partial charge in [-0.15, -0.1) is 11.8 Å². The number of pyridine rings is 1. The van der Waals surface area contributed by atoms with Gasteiger partial charge in [-0.25, -0.2) is 9.59 Å². The van der Waals surface area contributed by atoms with Crippen LogP contribution in [-0.2, 0) is 35.1 Å². The highest BCUT2D eigenvalue weighted by Crippen LogP contribution is 2.58. The van der Waals surface area contributed by atoms with E-state index in [4.69, 9.17) is 4.74 Å². The normalized spacial score (nSPS) is 23.9. The van der Waals surface area contributed by atoms with Gasteiger partial charge in [-0.2, -0.15) is 0 Å². The van der Waals surface area contributed by atoms with Crippen LogP contribution in [0, 0.1) is 17.3 Å². The van der Waals surface area contributed by atoms with Gasteiger partial charge in [0.05, 0.1) is 5.25 Å². The number of rotatable bonds is 19. The Morgan fingerprint density at radius 3 is 2.40 bits per heavy atom. The minimum Gasteiger partial charge on any atom is -0.478 e. The Bertz CT molecular complexity index is 1680.